The Balaban J connectivity index is 2.69. The molecule has 1 atom stereocenters. The third-order valence-electron chi connectivity index (χ3n) is 3.88. The van der Waals surface area contributed by atoms with Crippen molar-refractivity contribution in [1.82, 2.24) is 10.0 Å². The van der Waals surface area contributed by atoms with Gasteiger partial charge in [0.25, 0.3) is 5.91 Å². The predicted octanol–water partition coefficient (Wildman–Crippen LogP) is 2.14. The Labute approximate surface area is 155 Å². The van der Waals surface area contributed by atoms with Crippen molar-refractivity contribution in [2.45, 2.75) is 53.1 Å². The molecule has 3 N–H and O–H groups in total. The van der Waals surface area contributed by atoms with E-state index in [0.717, 1.165) is 0 Å². The van der Waals surface area contributed by atoms with Gasteiger partial charge in [-0.2, -0.15) is 0 Å². The summed E-state index contributed by atoms with van der Waals surface area (Å²) in [6.07, 6.45) is 1.02. The highest BCUT2D eigenvalue weighted by Crippen LogP contribution is 2.21. The lowest BCUT2D eigenvalue weighted by Crippen LogP contribution is -2.41. The minimum atomic E-state index is -3.28. The fourth-order valence-corrected chi connectivity index (χ4v) is 2.74. The molecular formula is C18H28N2O5S. The topological polar surface area (TPSA) is 113 Å². The van der Waals surface area contributed by atoms with E-state index in [1.54, 1.807) is 31.2 Å². The van der Waals surface area contributed by atoms with Gasteiger partial charge in [0, 0.05) is 12.1 Å². The predicted molar refractivity (Wildman–Crippen MR) is 100 cm³/mol. The molecule has 0 saturated carbocycles. The van der Waals surface area contributed by atoms with E-state index < -0.39 is 27.9 Å². The number of sulfonamides is 1. The van der Waals surface area contributed by atoms with Crippen LogP contribution in [0.25, 0.3) is 0 Å². The maximum absolute atomic E-state index is 12.3. The van der Waals surface area contributed by atoms with Crippen molar-refractivity contribution in [3.63, 3.8) is 0 Å². The summed E-state index contributed by atoms with van der Waals surface area (Å²) in [6, 6.07) is 5.43. The smallest absolute Gasteiger partial charge is 0.326 e. The molecule has 1 aromatic rings. The van der Waals surface area contributed by atoms with Crippen LogP contribution < -0.4 is 10.0 Å². The molecule has 7 nitrogen and oxygen atoms in total. The standard InChI is InChI=1S/C18H28N2O5S/c1-5-26(24,25)19-12-13-6-8-14(9-7-13)16(21)20-15(17(22)23)10-11-18(2,3)4/h6-9,15,19H,5,10-12H2,1-4H3,(H,20,21)(H,22,23). The Hall–Kier alpha value is -1.93. The molecule has 0 radical (unpaired) electrons. The van der Waals surface area contributed by atoms with Crippen LogP contribution in [0.4, 0.5) is 0 Å². The van der Waals surface area contributed by atoms with Crippen LogP contribution in [0.3, 0.4) is 0 Å². The molecule has 0 bridgehead atoms. The first kappa shape index (κ1) is 22.1. The average Bonchev–Trinajstić information content (AvgIpc) is 2.56. The van der Waals surface area contributed by atoms with E-state index >= 15 is 0 Å². The summed E-state index contributed by atoms with van der Waals surface area (Å²) in [5, 5.41) is 11.8. The lowest BCUT2D eigenvalue weighted by Gasteiger charge is -2.21. The largest absolute Gasteiger partial charge is 0.480 e. The van der Waals surface area contributed by atoms with E-state index in [0.29, 0.717) is 24.0 Å². The van der Waals surface area contributed by atoms with Crippen LogP contribution in [0, 0.1) is 5.41 Å². The van der Waals surface area contributed by atoms with Crippen LogP contribution in [0.2, 0.25) is 0 Å². The zero-order chi connectivity index (χ0) is 20.0. The van der Waals surface area contributed by atoms with Gasteiger partial charge in [-0.25, -0.2) is 17.9 Å². The van der Waals surface area contributed by atoms with E-state index in [4.69, 9.17) is 0 Å². The highest BCUT2D eigenvalue weighted by atomic mass is 32.2. The van der Waals surface area contributed by atoms with Gasteiger partial charge in [0.05, 0.1) is 5.75 Å². The molecule has 0 heterocycles. The first-order valence-electron chi connectivity index (χ1n) is 8.53. The molecule has 8 heteroatoms. The van der Waals surface area contributed by atoms with Gasteiger partial charge in [0.2, 0.25) is 10.0 Å². The van der Waals surface area contributed by atoms with Crippen molar-refractivity contribution in [3.05, 3.63) is 35.4 Å². The molecular weight excluding hydrogens is 356 g/mol. The second-order valence-electron chi connectivity index (χ2n) is 7.39. The number of carboxylic acids is 1. The SMILES string of the molecule is CCS(=O)(=O)NCc1ccc(C(=O)NC(CCC(C)(C)C)C(=O)O)cc1. The second kappa shape index (κ2) is 9.14. The van der Waals surface area contributed by atoms with Crippen molar-refractivity contribution in [3.8, 4) is 0 Å². The molecule has 0 aliphatic carbocycles. The van der Waals surface area contributed by atoms with Gasteiger partial charge in [0.1, 0.15) is 6.04 Å². The molecule has 0 aliphatic rings. The number of amides is 1. The molecule has 1 rings (SSSR count). The number of carboxylic acid groups (broad SMARTS) is 1. The molecule has 1 unspecified atom stereocenters. The Morgan fingerprint density at radius 2 is 1.73 bits per heavy atom. The van der Waals surface area contributed by atoms with Crippen LogP contribution in [0.5, 0.6) is 0 Å². The van der Waals surface area contributed by atoms with E-state index in [9.17, 15) is 23.1 Å². The van der Waals surface area contributed by atoms with Crippen LogP contribution in [-0.4, -0.2) is 37.2 Å². The molecule has 0 aliphatic heterocycles. The average molecular weight is 384 g/mol. The lowest BCUT2D eigenvalue weighted by molar-refractivity contribution is -0.139. The maximum atomic E-state index is 12.3. The van der Waals surface area contributed by atoms with E-state index in [2.05, 4.69) is 10.0 Å². The summed E-state index contributed by atoms with van der Waals surface area (Å²) >= 11 is 0. The summed E-state index contributed by atoms with van der Waals surface area (Å²) in [6.45, 7) is 7.73. The van der Waals surface area contributed by atoms with Crippen LogP contribution in [0.1, 0.15) is 56.5 Å². The van der Waals surface area contributed by atoms with Gasteiger partial charge >= 0.3 is 5.97 Å². The van der Waals surface area contributed by atoms with Crippen LogP contribution >= 0.6 is 0 Å². The fourth-order valence-electron chi connectivity index (χ4n) is 2.15. The minimum absolute atomic E-state index is 0.00136. The quantitative estimate of drug-likeness (QED) is 0.604. The van der Waals surface area contributed by atoms with Gasteiger partial charge in [-0.15, -0.1) is 0 Å². The first-order valence-corrected chi connectivity index (χ1v) is 10.2. The van der Waals surface area contributed by atoms with Gasteiger partial charge in [-0.3, -0.25) is 4.79 Å². The molecule has 26 heavy (non-hydrogen) atoms. The van der Waals surface area contributed by atoms with E-state index in [1.165, 1.54) is 0 Å². The number of nitrogens with one attached hydrogen (secondary N) is 2. The Morgan fingerprint density at radius 3 is 2.19 bits per heavy atom. The lowest BCUT2D eigenvalue weighted by atomic mass is 9.88. The number of benzene rings is 1. The highest BCUT2D eigenvalue weighted by molar-refractivity contribution is 7.89. The summed E-state index contributed by atoms with van der Waals surface area (Å²) in [5.74, 6) is -1.53. The fraction of sp³-hybridized carbons (Fsp3) is 0.556. The number of rotatable bonds is 9. The number of aliphatic carboxylic acids is 1. The molecule has 1 amide bonds. The van der Waals surface area contributed by atoms with Gasteiger partial charge in [0.15, 0.2) is 0 Å². The summed E-state index contributed by atoms with van der Waals surface area (Å²) in [7, 11) is -3.28. The Kier molecular flexibility index (Phi) is 7.77. The molecule has 146 valence electrons. The van der Waals surface area contributed by atoms with Crippen molar-refractivity contribution in [1.29, 1.82) is 0 Å². The number of hydrogen-bond donors (Lipinski definition) is 3. The third-order valence-corrected chi connectivity index (χ3v) is 5.22. The summed E-state index contributed by atoms with van der Waals surface area (Å²) < 4.78 is 25.3. The molecule has 0 aromatic heterocycles. The Morgan fingerprint density at radius 1 is 1.15 bits per heavy atom. The zero-order valence-electron chi connectivity index (χ0n) is 15.7. The first-order chi connectivity index (χ1) is 11.9. The van der Waals surface area contributed by atoms with E-state index in [-0.39, 0.29) is 17.7 Å². The summed E-state index contributed by atoms with van der Waals surface area (Å²) in [5.41, 5.74) is 1.02. The molecule has 0 spiro atoms. The summed E-state index contributed by atoms with van der Waals surface area (Å²) in [4.78, 5) is 23.6. The van der Waals surface area contributed by atoms with E-state index in [1.807, 2.05) is 20.8 Å². The molecule has 1 aromatic carbocycles. The zero-order valence-corrected chi connectivity index (χ0v) is 16.5. The van der Waals surface area contributed by atoms with Crippen molar-refractivity contribution in [2.75, 3.05) is 5.75 Å². The molecule has 0 fully saturated rings. The van der Waals surface area contributed by atoms with Gasteiger partial charge < -0.3 is 10.4 Å². The van der Waals surface area contributed by atoms with Crippen molar-refractivity contribution in [2.24, 2.45) is 5.41 Å². The monoisotopic (exact) mass is 384 g/mol. The van der Waals surface area contributed by atoms with Crippen molar-refractivity contribution >= 4 is 21.9 Å². The Bertz CT molecular complexity index is 721. The number of carbonyl (C=O) groups excluding carboxylic acids is 1. The van der Waals surface area contributed by atoms with Gasteiger partial charge in [-0.1, -0.05) is 32.9 Å². The third kappa shape index (κ3) is 7.97. The van der Waals surface area contributed by atoms with Crippen LogP contribution in [0.15, 0.2) is 24.3 Å². The van der Waals surface area contributed by atoms with Crippen molar-refractivity contribution < 1.29 is 23.1 Å². The minimum Gasteiger partial charge on any atom is -0.480 e. The van der Waals surface area contributed by atoms with Crippen LogP contribution in [-0.2, 0) is 21.4 Å². The number of hydrogen-bond acceptors (Lipinski definition) is 4. The van der Waals surface area contributed by atoms with Gasteiger partial charge in [-0.05, 0) is 42.9 Å². The second-order valence-corrected chi connectivity index (χ2v) is 9.48. The maximum Gasteiger partial charge on any atom is 0.326 e. The highest BCUT2D eigenvalue weighted by Gasteiger charge is 2.23. The molecule has 0 saturated heterocycles. The normalized spacial score (nSPS) is 13.2. The number of carbonyl (C=O) groups is 2.